The maximum atomic E-state index is 11.3. The monoisotopic (exact) mass is 229 g/mol. The van der Waals surface area contributed by atoms with Gasteiger partial charge in [-0.2, -0.15) is 0 Å². The van der Waals surface area contributed by atoms with Gasteiger partial charge in [0.15, 0.2) is 0 Å². The molecule has 80 valence electrons. The molecule has 0 fully saturated rings. The highest BCUT2D eigenvalue weighted by atomic mass is 35.5. The van der Waals surface area contributed by atoms with Gasteiger partial charge in [-0.25, -0.2) is 13.1 Å². The summed E-state index contributed by atoms with van der Waals surface area (Å²) in [5, 5.41) is 0. The molecule has 6 heteroatoms. The highest BCUT2D eigenvalue weighted by molar-refractivity contribution is 7.89. The van der Waals surface area contributed by atoms with Crippen LogP contribution in [0.4, 0.5) is 0 Å². The fraction of sp³-hybridized carbons (Fsp3) is 1.00. The molecule has 1 N–H and O–H groups in total. The molecule has 0 saturated carbocycles. The topological polar surface area (TPSA) is 55.4 Å². The van der Waals surface area contributed by atoms with Gasteiger partial charge in [-0.3, -0.25) is 0 Å². The Morgan fingerprint density at radius 1 is 1.46 bits per heavy atom. The minimum Gasteiger partial charge on any atom is -0.383 e. The number of nitrogens with one attached hydrogen (secondary N) is 1. The second-order valence-corrected chi connectivity index (χ2v) is 5.65. The van der Waals surface area contributed by atoms with E-state index >= 15 is 0 Å². The van der Waals surface area contributed by atoms with Gasteiger partial charge < -0.3 is 4.74 Å². The van der Waals surface area contributed by atoms with Crippen LogP contribution in [0.25, 0.3) is 0 Å². The van der Waals surface area contributed by atoms with E-state index in [1.165, 1.54) is 7.11 Å². The van der Waals surface area contributed by atoms with Crippen LogP contribution in [0.1, 0.15) is 13.8 Å². The third-order valence-electron chi connectivity index (χ3n) is 1.28. The third-order valence-corrected chi connectivity index (χ3v) is 3.30. The maximum Gasteiger partial charge on any atom is 0.213 e. The van der Waals surface area contributed by atoms with Gasteiger partial charge >= 0.3 is 0 Å². The normalized spacial score (nSPS) is 13.2. The molecule has 0 bridgehead atoms. The van der Waals surface area contributed by atoms with Crippen LogP contribution in [-0.2, 0) is 14.8 Å². The average molecular weight is 230 g/mol. The molecule has 13 heavy (non-hydrogen) atoms. The number of rotatable bonds is 6. The fourth-order valence-electron chi connectivity index (χ4n) is 0.964. The number of halogens is 1. The first-order valence-electron chi connectivity index (χ1n) is 3.89. The Kier molecular flexibility index (Phi) is 5.21. The molecule has 0 rings (SSSR count). The van der Waals surface area contributed by atoms with Crippen molar-refractivity contribution >= 4 is 21.6 Å². The second-order valence-electron chi connectivity index (χ2n) is 3.43. The standard InChI is InChI=1S/C7H16ClNO3S/c1-7(2,6-12-3)9-13(10,11)5-4-8/h9H,4-6H2,1-3H3. The Labute approximate surface area is 84.7 Å². The first kappa shape index (κ1) is 13.2. The SMILES string of the molecule is COCC(C)(C)NS(=O)(=O)CCCl. The van der Waals surface area contributed by atoms with Crippen molar-refractivity contribution in [1.29, 1.82) is 0 Å². The van der Waals surface area contributed by atoms with Crippen molar-refractivity contribution in [2.75, 3.05) is 25.3 Å². The van der Waals surface area contributed by atoms with Gasteiger partial charge in [-0.15, -0.1) is 11.6 Å². The molecule has 0 radical (unpaired) electrons. The summed E-state index contributed by atoms with van der Waals surface area (Å²) in [6.45, 7) is 3.83. The molecule has 0 aliphatic carbocycles. The molecular weight excluding hydrogens is 214 g/mol. The van der Waals surface area contributed by atoms with Crippen LogP contribution in [0.5, 0.6) is 0 Å². The highest BCUT2D eigenvalue weighted by Gasteiger charge is 2.23. The second kappa shape index (κ2) is 5.14. The van der Waals surface area contributed by atoms with Gasteiger partial charge in [0.1, 0.15) is 0 Å². The summed E-state index contributed by atoms with van der Waals surface area (Å²) >= 11 is 5.34. The van der Waals surface area contributed by atoms with Crippen molar-refractivity contribution in [3.05, 3.63) is 0 Å². The first-order chi connectivity index (χ1) is 5.83. The van der Waals surface area contributed by atoms with Gasteiger partial charge in [0.2, 0.25) is 10.0 Å². The maximum absolute atomic E-state index is 11.3. The molecule has 4 nitrogen and oxygen atoms in total. The van der Waals surface area contributed by atoms with Crippen LogP contribution >= 0.6 is 11.6 Å². The molecular formula is C7H16ClNO3S. The molecule has 0 amide bonds. The summed E-state index contributed by atoms with van der Waals surface area (Å²) < 4.78 is 29.9. The zero-order valence-corrected chi connectivity index (χ0v) is 9.70. The summed E-state index contributed by atoms with van der Waals surface area (Å²) in [6, 6.07) is 0. The van der Waals surface area contributed by atoms with Crippen molar-refractivity contribution < 1.29 is 13.2 Å². The lowest BCUT2D eigenvalue weighted by Gasteiger charge is -2.24. The van der Waals surface area contributed by atoms with Crippen LogP contribution in [0.3, 0.4) is 0 Å². The molecule has 0 unspecified atom stereocenters. The van der Waals surface area contributed by atoms with Crippen molar-refractivity contribution in [2.24, 2.45) is 0 Å². The van der Waals surface area contributed by atoms with Gasteiger partial charge in [0.25, 0.3) is 0 Å². The predicted molar refractivity (Wildman–Crippen MR) is 53.6 cm³/mol. The number of ether oxygens (including phenoxy) is 1. The third kappa shape index (κ3) is 6.26. The minimum absolute atomic E-state index is 0.0678. The molecule has 0 aliphatic rings. The van der Waals surface area contributed by atoms with Crippen LogP contribution in [0, 0.1) is 0 Å². The quantitative estimate of drug-likeness (QED) is 0.678. The number of hydrogen-bond acceptors (Lipinski definition) is 3. The average Bonchev–Trinajstić information content (AvgIpc) is 1.82. The molecule has 0 aliphatic heterocycles. The fourth-order valence-corrected chi connectivity index (χ4v) is 2.78. The molecule has 0 spiro atoms. The van der Waals surface area contributed by atoms with Crippen molar-refractivity contribution in [2.45, 2.75) is 19.4 Å². The number of hydrogen-bond donors (Lipinski definition) is 1. The zero-order chi connectivity index (χ0) is 10.5. The Bertz CT molecular complexity index is 238. The van der Waals surface area contributed by atoms with E-state index in [1.807, 2.05) is 0 Å². The van der Waals surface area contributed by atoms with Crippen molar-refractivity contribution in [1.82, 2.24) is 4.72 Å². The van der Waals surface area contributed by atoms with Gasteiger partial charge in [0, 0.05) is 13.0 Å². The van der Waals surface area contributed by atoms with E-state index in [2.05, 4.69) is 4.72 Å². The summed E-state index contributed by atoms with van der Waals surface area (Å²) in [7, 11) is -1.75. The van der Waals surface area contributed by atoms with Gasteiger partial charge in [0.05, 0.1) is 17.9 Å². The summed E-state index contributed by atoms with van der Waals surface area (Å²) in [6.07, 6.45) is 0. The van der Waals surface area contributed by atoms with Crippen molar-refractivity contribution in [3.8, 4) is 0 Å². The van der Waals surface area contributed by atoms with E-state index < -0.39 is 15.6 Å². The Morgan fingerprint density at radius 2 is 2.00 bits per heavy atom. The van der Waals surface area contributed by atoms with E-state index in [9.17, 15) is 8.42 Å². The first-order valence-corrected chi connectivity index (χ1v) is 6.08. The Morgan fingerprint density at radius 3 is 2.38 bits per heavy atom. The Hall–Kier alpha value is 0.160. The van der Waals surface area contributed by atoms with E-state index in [-0.39, 0.29) is 11.6 Å². The van der Waals surface area contributed by atoms with E-state index in [0.717, 1.165) is 0 Å². The Balaban J connectivity index is 4.25. The molecule has 0 saturated heterocycles. The number of sulfonamides is 1. The van der Waals surface area contributed by atoms with Crippen LogP contribution in [0.15, 0.2) is 0 Å². The van der Waals surface area contributed by atoms with Crippen molar-refractivity contribution in [3.63, 3.8) is 0 Å². The molecule has 0 heterocycles. The minimum atomic E-state index is -3.27. The summed E-state index contributed by atoms with van der Waals surface area (Å²) in [4.78, 5) is 0. The largest absolute Gasteiger partial charge is 0.383 e. The van der Waals surface area contributed by atoms with Crippen LogP contribution in [0.2, 0.25) is 0 Å². The van der Waals surface area contributed by atoms with Gasteiger partial charge in [-0.1, -0.05) is 0 Å². The number of alkyl halides is 1. The smallest absolute Gasteiger partial charge is 0.213 e. The lowest BCUT2D eigenvalue weighted by Crippen LogP contribution is -2.47. The molecule has 0 atom stereocenters. The van der Waals surface area contributed by atoms with E-state index in [1.54, 1.807) is 13.8 Å². The van der Waals surface area contributed by atoms with Crippen LogP contribution < -0.4 is 4.72 Å². The lowest BCUT2D eigenvalue weighted by atomic mass is 10.1. The highest BCUT2D eigenvalue weighted by Crippen LogP contribution is 2.04. The molecule has 0 aromatic carbocycles. The van der Waals surface area contributed by atoms with Gasteiger partial charge in [-0.05, 0) is 13.8 Å². The lowest BCUT2D eigenvalue weighted by molar-refractivity contribution is 0.141. The summed E-state index contributed by atoms with van der Waals surface area (Å²) in [5.74, 6) is 0.0279. The number of methoxy groups -OCH3 is 1. The van der Waals surface area contributed by atoms with E-state index in [0.29, 0.717) is 6.61 Å². The van der Waals surface area contributed by atoms with E-state index in [4.69, 9.17) is 16.3 Å². The summed E-state index contributed by atoms with van der Waals surface area (Å²) in [5.41, 5.74) is -0.584. The van der Waals surface area contributed by atoms with Crippen LogP contribution in [-0.4, -0.2) is 39.3 Å². The molecule has 0 aromatic rings. The predicted octanol–water partition coefficient (Wildman–Crippen LogP) is 0.570. The molecule has 0 aromatic heterocycles. The zero-order valence-electron chi connectivity index (χ0n) is 8.13.